The average Bonchev–Trinajstić information content (AvgIpc) is 3.23. The first-order chi connectivity index (χ1) is 14.9. The number of carbonyl (C=O) groups excluding carboxylic acids is 2. The highest BCUT2D eigenvalue weighted by molar-refractivity contribution is 9.10. The van der Waals surface area contributed by atoms with Gasteiger partial charge in [-0.15, -0.1) is 0 Å². The SMILES string of the molecule is CCOC(=O)C1CCN(C(=O)/C=C/c2ccc(Sc3cccc(Br)c3)c([N+](=O)[O-])c2)C1. The second-order valence-electron chi connectivity index (χ2n) is 6.90. The van der Waals surface area contributed by atoms with Crippen molar-refractivity contribution in [3.63, 3.8) is 0 Å². The molecule has 162 valence electrons. The minimum absolute atomic E-state index is 0.0249. The maximum atomic E-state index is 12.4. The van der Waals surface area contributed by atoms with E-state index in [0.717, 1.165) is 9.37 Å². The molecule has 31 heavy (non-hydrogen) atoms. The van der Waals surface area contributed by atoms with Crippen LogP contribution in [-0.2, 0) is 14.3 Å². The topological polar surface area (TPSA) is 89.8 Å². The van der Waals surface area contributed by atoms with Crippen LogP contribution in [0.1, 0.15) is 18.9 Å². The average molecular weight is 505 g/mol. The lowest BCUT2D eigenvalue weighted by atomic mass is 10.1. The number of ether oxygens (including phenoxy) is 1. The molecule has 1 amide bonds. The number of halogens is 1. The van der Waals surface area contributed by atoms with Gasteiger partial charge in [-0.2, -0.15) is 0 Å². The minimum Gasteiger partial charge on any atom is -0.466 e. The van der Waals surface area contributed by atoms with Gasteiger partial charge in [0.15, 0.2) is 0 Å². The van der Waals surface area contributed by atoms with Gasteiger partial charge in [-0.25, -0.2) is 0 Å². The van der Waals surface area contributed by atoms with Crippen molar-refractivity contribution in [3.05, 3.63) is 68.7 Å². The molecule has 0 radical (unpaired) electrons. The van der Waals surface area contributed by atoms with Crippen molar-refractivity contribution >= 4 is 51.3 Å². The van der Waals surface area contributed by atoms with Crippen LogP contribution in [0.2, 0.25) is 0 Å². The van der Waals surface area contributed by atoms with Crippen molar-refractivity contribution in [3.8, 4) is 0 Å². The van der Waals surface area contributed by atoms with Crippen molar-refractivity contribution in [2.24, 2.45) is 5.92 Å². The number of rotatable bonds is 7. The number of carbonyl (C=O) groups is 2. The Morgan fingerprint density at radius 3 is 2.84 bits per heavy atom. The number of benzene rings is 2. The summed E-state index contributed by atoms with van der Waals surface area (Å²) in [6.45, 7) is 2.87. The number of likely N-dealkylation sites (tertiary alicyclic amines) is 1. The van der Waals surface area contributed by atoms with Crippen molar-refractivity contribution < 1.29 is 19.2 Å². The molecule has 1 heterocycles. The van der Waals surface area contributed by atoms with E-state index in [1.807, 2.05) is 24.3 Å². The van der Waals surface area contributed by atoms with Crippen molar-refractivity contribution in [2.45, 2.75) is 23.1 Å². The Hall–Kier alpha value is -2.65. The van der Waals surface area contributed by atoms with E-state index in [9.17, 15) is 19.7 Å². The summed E-state index contributed by atoms with van der Waals surface area (Å²) >= 11 is 4.70. The zero-order valence-corrected chi connectivity index (χ0v) is 19.2. The molecule has 1 saturated heterocycles. The maximum absolute atomic E-state index is 12.4. The third kappa shape index (κ3) is 6.18. The molecular formula is C22H21BrN2O5S. The molecule has 0 spiro atoms. The summed E-state index contributed by atoms with van der Waals surface area (Å²) in [5.41, 5.74) is 0.530. The molecule has 0 aromatic heterocycles. The van der Waals surface area contributed by atoms with E-state index in [1.54, 1.807) is 30.0 Å². The lowest BCUT2D eigenvalue weighted by Gasteiger charge is -2.13. The van der Waals surface area contributed by atoms with Crippen LogP contribution in [0.25, 0.3) is 6.08 Å². The Morgan fingerprint density at radius 1 is 1.32 bits per heavy atom. The van der Waals surface area contributed by atoms with E-state index in [2.05, 4.69) is 15.9 Å². The Morgan fingerprint density at radius 2 is 2.13 bits per heavy atom. The number of nitrogens with zero attached hydrogens (tertiary/aromatic N) is 2. The van der Waals surface area contributed by atoms with Gasteiger partial charge in [-0.3, -0.25) is 19.7 Å². The molecule has 9 heteroatoms. The summed E-state index contributed by atoms with van der Waals surface area (Å²) in [5, 5.41) is 11.6. The standard InChI is InChI=1S/C22H21BrN2O5S/c1-2-30-22(27)16-10-11-24(14-16)21(26)9-7-15-6-8-20(19(12-15)25(28)29)31-18-5-3-4-17(23)13-18/h3-9,12-13,16H,2,10-11,14H2,1H3/b9-7+. The van der Waals surface area contributed by atoms with Gasteiger partial charge in [-0.05, 0) is 49.2 Å². The quantitative estimate of drug-likeness (QED) is 0.229. The largest absolute Gasteiger partial charge is 0.466 e. The highest BCUT2D eigenvalue weighted by atomic mass is 79.9. The van der Waals surface area contributed by atoms with Gasteiger partial charge in [0, 0.05) is 34.6 Å². The number of hydrogen-bond acceptors (Lipinski definition) is 6. The highest BCUT2D eigenvalue weighted by Crippen LogP contribution is 2.36. The smallest absolute Gasteiger partial charge is 0.310 e. The Labute approximate surface area is 192 Å². The van der Waals surface area contributed by atoms with Gasteiger partial charge in [0.2, 0.25) is 5.91 Å². The molecule has 0 aliphatic carbocycles. The summed E-state index contributed by atoms with van der Waals surface area (Å²) in [6, 6.07) is 12.4. The number of esters is 1. The zero-order chi connectivity index (χ0) is 22.4. The molecule has 2 aromatic carbocycles. The number of nitro benzene ring substituents is 1. The molecule has 0 bridgehead atoms. The molecule has 1 aliphatic heterocycles. The number of amides is 1. The molecule has 0 N–H and O–H groups in total. The fourth-order valence-corrected chi connectivity index (χ4v) is 4.72. The van der Waals surface area contributed by atoms with E-state index >= 15 is 0 Å². The fraction of sp³-hybridized carbons (Fsp3) is 0.273. The lowest BCUT2D eigenvalue weighted by molar-refractivity contribution is -0.387. The van der Waals surface area contributed by atoms with Crippen molar-refractivity contribution in [1.82, 2.24) is 4.90 Å². The van der Waals surface area contributed by atoms with Crippen LogP contribution in [0.5, 0.6) is 0 Å². The molecule has 1 atom stereocenters. The molecule has 1 fully saturated rings. The van der Waals surface area contributed by atoms with E-state index < -0.39 is 4.92 Å². The summed E-state index contributed by atoms with van der Waals surface area (Å²) in [6.07, 6.45) is 3.51. The summed E-state index contributed by atoms with van der Waals surface area (Å²) in [5.74, 6) is -0.814. The van der Waals surface area contributed by atoms with Crippen molar-refractivity contribution in [1.29, 1.82) is 0 Å². The second-order valence-corrected chi connectivity index (χ2v) is 8.93. The summed E-state index contributed by atoms with van der Waals surface area (Å²) in [7, 11) is 0. The van der Waals surface area contributed by atoms with Gasteiger partial charge in [-0.1, -0.05) is 39.8 Å². The van der Waals surface area contributed by atoms with E-state index in [4.69, 9.17) is 4.74 Å². The first-order valence-corrected chi connectivity index (χ1v) is 11.3. The van der Waals surface area contributed by atoms with Gasteiger partial charge in [0.1, 0.15) is 0 Å². The molecule has 1 unspecified atom stereocenters. The van der Waals surface area contributed by atoms with Crippen LogP contribution >= 0.6 is 27.7 Å². The molecule has 2 aromatic rings. The van der Waals surface area contributed by atoms with Crippen LogP contribution < -0.4 is 0 Å². The predicted molar refractivity (Wildman–Crippen MR) is 122 cm³/mol. The molecule has 7 nitrogen and oxygen atoms in total. The summed E-state index contributed by atoms with van der Waals surface area (Å²) in [4.78, 5) is 38.4. The first kappa shape index (κ1) is 23.0. The van der Waals surface area contributed by atoms with Gasteiger partial charge >= 0.3 is 5.97 Å². The van der Waals surface area contributed by atoms with Crippen LogP contribution in [0.4, 0.5) is 5.69 Å². The monoisotopic (exact) mass is 504 g/mol. The number of hydrogen-bond donors (Lipinski definition) is 0. The molecular weight excluding hydrogens is 484 g/mol. The molecule has 3 rings (SSSR count). The lowest BCUT2D eigenvalue weighted by Crippen LogP contribution is -2.28. The summed E-state index contributed by atoms with van der Waals surface area (Å²) < 4.78 is 5.91. The van der Waals surface area contributed by atoms with Crippen LogP contribution in [-0.4, -0.2) is 41.4 Å². The zero-order valence-electron chi connectivity index (χ0n) is 16.8. The van der Waals surface area contributed by atoms with Crippen LogP contribution in [0, 0.1) is 16.0 Å². The van der Waals surface area contributed by atoms with Crippen LogP contribution in [0.15, 0.2) is 62.8 Å². The van der Waals surface area contributed by atoms with Gasteiger partial charge in [0.25, 0.3) is 5.69 Å². The van der Waals surface area contributed by atoms with Crippen LogP contribution in [0.3, 0.4) is 0 Å². The fourth-order valence-electron chi connectivity index (χ4n) is 3.21. The first-order valence-electron chi connectivity index (χ1n) is 9.73. The number of nitro groups is 1. The van der Waals surface area contributed by atoms with E-state index in [0.29, 0.717) is 36.6 Å². The van der Waals surface area contributed by atoms with Gasteiger partial charge in [0.05, 0.1) is 22.3 Å². The highest BCUT2D eigenvalue weighted by Gasteiger charge is 2.31. The normalized spacial score (nSPS) is 15.9. The van der Waals surface area contributed by atoms with Gasteiger partial charge < -0.3 is 9.64 Å². The van der Waals surface area contributed by atoms with E-state index in [-0.39, 0.29) is 23.5 Å². The Balaban J connectivity index is 1.69. The third-order valence-electron chi connectivity index (χ3n) is 4.74. The van der Waals surface area contributed by atoms with Crippen molar-refractivity contribution in [2.75, 3.05) is 19.7 Å². The molecule has 0 saturated carbocycles. The maximum Gasteiger partial charge on any atom is 0.310 e. The third-order valence-corrected chi connectivity index (χ3v) is 6.29. The Kier molecular flexibility index (Phi) is 7.86. The second kappa shape index (κ2) is 10.6. The minimum atomic E-state index is -0.427. The molecule has 1 aliphatic rings. The predicted octanol–water partition coefficient (Wildman–Crippen LogP) is 4.93. The Bertz CT molecular complexity index is 1030. The van der Waals surface area contributed by atoms with E-state index in [1.165, 1.54) is 23.9 Å².